The fourth-order valence-electron chi connectivity index (χ4n) is 2.54. The normalized spacial score (nSPS) is 10.7. The average molecular weight is 354 g/mol. The number of hydrogen-bond donors (Lipinski definition) is 1. The van der Waals surface area contributed by atoms with Gasteiger partial charge in [-0.3, -0.25) is 4.79 Å². The van der Waals surface area contributed by atoms with Crippen LogP contribution in [0.5, 0.6) is 11.5 Å². The Bertz CT molecular complexity index is 989. The Morgan fingerprint density at radius 2 is 1.81 bits per heavy atom. The van der Waals surface area contributed by atoms with Crippen molar-refractivity contribution < 1.29 is 23.8 Å². The van der Waals surface area contributed by atoms with E-state index in [4.69, 9.17) is 19.0 Å². The van der Waals surface area contributed by atoms with E-state index in [9.17, 15) is 9.59 Å². The minimum Gasteiger partial charge on any atom is -0.493 e. The molecule has 1 aromatic heterocycles. The number of aromatic carboxylic acids is 1. The van der Waals surface area contributed by atoms with E-state index < -0.39 is 11.4 Å². The van der Waals surface area contributed by atoms with E-state index in [1.807, 2.05) is 42.5 Å². The molecule has 0 radical (unpaired) electrons. The number of benzene rings is 2. The predicted molar refractivity (Wildman–Crippen MR) is 96.2 cm³/mol. The minimum absolute atomic E-state index is 0.00166. The zero-order valence-corrected chi connectivity index (χ0v) is 14.2. The first-order chi connectivity index (χ1) is 12.6. The molecule has 0 aliphatic heterocycles. The quantitative estimate of drug-likeness (QED) is 0.652. The second kappa shape index (κ2) is 7.74. The number of fused-ring (bicyclic) bond motifs is 1. The van der Waals surface area contributed by atoms with E-state index in [1.54, 1.807) is 0 Å². The summed E-state index contributed by atoms with van der Waals surface area (Å²) in [6.07, 6.45) is 1.59. The van der Waals surface area contributed by atoms with Crippen molar-refractivity contribution >= 4 is 16.7 Å². The molecule has 0 saturated heterocycles. The van der Waals surface area contributed by atoms with Gasteiger partial charge in [0.1, 0.15) is 12.0 Å². The first kappa shape index (κ1) is 17.5. The van der Waals surface area contributed by atoms with Crippen LogP contribution in [0.15, 0.2) is 57.9 Å². The van der Waals surface area contributed by atoms with Gasteiger partial charge >= 0.3 is 5.97 Å². The van der Waals surface area contributed by atoms with Crippen LogP contribution >= 0.6 is 0 Å². The van der Waals surface area contributed by atoms with E-state index in [-0.39, 0.29) is 23.7 Å². The molecule has 0 aliphatic carbocycles. The van der Waals surface area contributed by atoms with Crippen LogP contribution in [0, 0.1) is 6.92 Å². The molecule has 6 heteroatoms. The van der Waals surface area contributed by atoms with Crippen molar-refractivity contribution in [2.45, 2.75) is 13.3 Å². The SMILES string of the molecule is Cc1c(C(=O)O)occ(OCCCOc2ccc3ccccc3c2)c1=O. The van der Waals surface area contributed by atoms with E-state index in [1.165, 1.54) is 6.92 Å². The van der Waals surface area contributed by atoms with Gasteiger partial charge in [-0.15, -0.1) is 0 Å². The van der Waals surface area contributed by atoms with Crippen LogP contribution in [0.4, 0.5) is 0 Å². The number of carboxylic acids is 1. The third kappa shape index (κ3) is 3.85. The number of carboxylic acid groups (broad SMARTS) is 1. The molecule has 0 unspecified atom stereocenters. The van der Waals surface area contributed by atoms with Gasteiger partial charge in [-0.2, -0.15) is 0 Å². The zero-order valence-electron chi connectivity index (χ0n) is 14.2. The van der Waals surface area contributed by atoms with Gasteiger partial charge in [0, 0.05) is 6.42 Å². The molecule has 0 atom stereocenters. The van der Waals surface area contributed by atoms with Gasteiger partial charge in [0.2, 0.25) is 16.9 Å². The molecule has 3 rings (SSSR count). The Balaban J connectivity index is 1.52. The second-order valence-corrected chi connectivity index (χ2v) is 5.75. The van der Waals surface area contributed by atoms with Gasteiger partial charge in [-0.05, 0) is 29.8 Å². The lowest BCUT2D eigenvalue weighted by Crippen LogP contribution is -2.16. The maximum Gasteiger partial charge on any atom is 0.372 e. The largest absolute Gasteiger partial charge is 0.493 e. The molecule has 3 aromatic rings. The fourth-order valence-corrected chi connectivity index (χ4v) is 2.54. The van der Waals surface area contributed by atoms with Gasteiger partial charge < -0.3 is 19.0 Å². The Hall–Kier alpha value is -3.28. The summed E-state index contributed by atoms with van der Waals surface area (Å²) in [5, 5.41) is 11.2. The lowest BCUT2D eigenvalue weighted by molar-refractivity contribution is 0.0657. The maximum absolute atomic E-state index is 12.0. The molecular weight excluding hydrogens is 336 g/mol. The summed E-state index contributed by atoms with van der Waals surface area (Å²) in [6, 6.07) is 13.9. The number of hydrogen-bond acceptors (Lipinski definition) is 5. The molecule has 0 fully saturated rings. The maximum atomic E-state index is 12.0. The van der Waals surface area contributed by atoms with Crippen molar-refractivity contribution in [1.82, 2.24) is 0 Å². The summed E-state index contributed by atoms with van der Waals surface area (Å²) < 4.78 is 16.0. The molecule has 1 heterocycles. The van der Waals surface area contributed by atoms with Crippen LogP contribution in [-0.2, 0) is 0 Å². The molecule has 26 heavy (non-hydrogen) atoms. The van der Waals surface area contributed by atoms with Crippen LogP contribution in [0.2, 0.25) is 0 Å². The molecule has 0 bridgehead atoms. The van der Waals surface area contributed by atoms with Crippen molar-refractivity contribution in [2.75, 3.05) is 13.2 Å². The van der Waals surface area contributed by atoms with Crippen LogP contribution in [0.1, 0.15) is 22.5 Å². The number of ether oxygens (including phenoxy) is 2. The van der Waals surface area contributed by atoms with E-state index in [0.29, 0.717) is 13.0 Å². The lowest BCUT2D eigenvalue weighted by Gasteiger charge is -2.09. The summed E-state index contributed by atoms with van der Waals surface area (Å²) in [6.45, 7) is 2.07. The van der Waals surface area contributed by atoms with Crippen molar-refractivity contribution in [3.8, 4) is 11.5 Å². The van der Waals surface area contributed by atoms with Gasteiger partial charge in [0.15, 0.2) is 0 Å². The van der Waals surface area contributed by atoms with Crippen molar-refractivity contribution in [3.63, 3.8) is 0 Å². The smallest absolute Gasteiger partial charge is 0.372 e. The zero-order chi connectivity index (χ0) is 18.5. The third-order valence-electron chi connectivity index (χ3n) is 3.92. The topological polar surface area (TPSA) is 86.0 Å². The monoisotopic (exact) mass is 354 g/mol. The minimum atomic E-state index is -1.28. The van der Waals surface area contributed by atoms with Gasteiger partial charge in [0.05, 0.1) is 18.8 Å². The summed E-state index contributed by atoms with van der Waals surface area (Å²) in [7, 11) is 0. The third-order valence-corrected chi connectivity index (χ3v) is 3.92. The Labute approximate surface area is 149 Å². The second-order valence-electron chi connectivity index (χ2n) is 5.75. The highest BCUT2D eigenvalue weighted by Gasteiger charge is 2.16. The van der Waals surface area contributed by atoms with Gasteiger partial charge in [-0.25, -0.2) is 4.79 Å². The highest BCUT2D eigenvalue weighted by atomic mass is 16.5. The molecule has 0 amide bonds. The Morgan fingerprint density at radius 1 is 1.08 bits per heavy atom. The molecular formula is C20H18O6. The summed E-state index contributed by atoms with van der Waals surface area (Å²) in [5.41, 5.74) is -0.466. The van der Waals surface area contributed by atoms with Crippen molar-refractivity contribution in [3.05, 3.63) is 70.3 Å². The Kier molecular flexibility index (Phi) is 5.22. The van der Waals surface area contributed by atoms with Crippen LogP contribution in [0.3, 0.4) is 0 Å². The molecule has 6 nitrogen and oxygen atoms in total. The Morgan fingerprint density at radius 3 is 2.58 bits per heavy atom. The molecule has 0 aliphatic rings. The predicted octanol–water partition coefficient (Wildman–Crippen LogP) is 3.65. The van der Waals surface area contributed by atoms with Crippen molar-refractivity contribution in [1.29, 1.82) is 0 Å². The summed E-state index contributed by atoms with van der Waals surface area (Å²) in [4.78, 5) is 22.9. The lowest BCUT2D eigenvalue weighted by atomic mass is 10.1. The molecule has 0 saturated carbocycles. The van der Waals surface area contributed by atoms with E-state index in [0.717, 1.165) is 22.8 Å². The highest BCUT2D eigenvalue weighted by molar-refractivity contribution is 5.86. The first-order valence-electron chi connectivity index (χ1n) is 8.16. The first-order valence-corrected chi connectivity index (χ1v) is 8.16. The van der Waals surface area contributed by atoms with Crippen LogP contribution in [0.25, 0.3) is 10.8 Å². The highest BCUT2D eigenvalue weighted by Crippen LogP contribution is 2.20. The fraction of sp³-hybridized carbons (Fsp3) is 0.200. The van der Waals surface area contributed by atoms with E-state index in [2.05, 4.69) is 0 Å². The molecule has 1 N–H and O–H groups in total. The van der Waals surface area contributed by atoms with Gasteiger partial charge in [0.25, 0.3) is 0 Å². The number of rotatable bonds is 7. The van der Waals surface area contributed by atoms with E-state index >= 15 is 0 Å². The molecule has 134 valence electrons. The van der Waals surface area contributed by atoms with Crippen molar-refractivity contribution in [2.24, 2.45) is 0 Å². The van der Waals surface area contributed by atoms with Gasteiger partial charge in [-0.1, -0.05) is 30.3 Å². The molecule has 2 aromatic carbocycles. The molecule has 0 spiro atoms. The van der Waals surface area contributed by atoms with Crippen LogP contribution < -0.4 is 14.9 Å². The average Bonchev–Trinajstić information content (AvgIpc) is 2.64. The summed E-state index contributed by atoms with van der Waals surface area (Å²) in [5.74, 6) is -0.889. The standard InChI is InChI=1S/C20H18O6/c1-13-18(21)17(12-26-19(13)20(22)23)25-10-4-9-24-16-8-7-14-5-2-3-6-15(14)11-16/h2-3,5-8,11-12H,4,9-10H2,1H3,(H,22,23). The van der Waals surface area contributed by atoms with Crippen LogP contribution in [-0.4, -0.2) is 24.3 Å². The number of carbonyl (C=O) groups is 1. The summed E-state index contributed by atoms with van der Waals surface area (Å²) >= 11 is 0.